The van der Waals surface area contributed by atoms with Crippen LogP contribution in [0.2, 0.25) is 0 Å². The Kier molecular flexibility index (Phi) is 10.5. The lowest BCUT2D eigenvalue weighted by Crippen LogP contribution is -2.41. The van der Waals surface area contributed by atoms with Crippen molar-refractivity contribution in [3.8, 4) is 11.5 Å². The van der Waals surface area contributed by atoms with Gasteiger partial charge in [-0.15, -0.1) is 0 Å². The quantitative estimate of drug-likeness (QED) is 0.227. The highest BCUT2D eigenvalue weighted by molar-refractivity contribution is 5.83. The van der Waals surface area contributed by atoms with Crippen molar-refractivity contribution in [1.82, 2.24) is 9.88 Å². The summed E-state index contributed by atoms with van der Waals surface area (Å²) in [6, 6.07) is 15.5. The number of carbonyl (C=O) groups is 1. The summed E-state index contributed by atoms with van der Waals surface area (Å²) in [5.41, 5.74) is 2.64. The number of likely N-dealkylation sites (tertiary alicyclic amines) is 1. The molecule has 1 aliphatic rings. The third-order valence-electron chi connectivity index (χ3n) is 8.18. The number of benzene rings is 2. The van der Waals surface area contributed by atoms with E-state index >= 15 is 4.39 Å². The molecule has 0 bridgehead atoms. The maximum absolute atomic E-state index is 15.6. The summed E-state index contributed by atoms with van der Waals surface area (Å²) in [6.07, 6.45) is 6.67. The molecule has 1 N–H and O–H groups in total. The normalized spacial score (nSPS) is 18.6. The van der Waals surface area contributed by atoms with Crippen molar-refractivity contribution in [1.29, 1.82) is 0 Å². The Hall–Kier alpha value is -3.19. The topological polar surface area (TPSA) is 71.9 Å². The number of rotatable bonds is 14. The van der Waals surface area contributed by atoms with E-state index in [9.17, 15) is 9.90 Å². The van der Waals surface area contributed by atoms with Gasteiger partial charge in [-0.05, 0) is 111 Å². The molecule has 1 aromatic heterocycles. The van der Waals surface area contributed by atoms with E-state index in [1.54, 1.807) is 26.5 Å². The van der Waals surface area contributed by atoms with Gasteiger partial charge in [-0.25, -0.2) is 4.39 Å². The van der Waals surface area contributed by atoms with Gasteiger partial charge >= 0.3 is 5.97 Å². The van der Waals surface area contributed by atoms with Crippen LogP contribution in [0.3, 0.4) is 0 Å². The fraction of sp³-hybridized carbons (Fsp3) is 0.500. The van der Waals surface area contributed by atoms with E-state index in [1.165, 1.54) is 5.56 Å². The Balaban J connectivity index is 1.32. The first kappa shape index (κ1) is 28.8. The van der Waals surface area contributed by atoms with Crippen LogP contribution in [0.25, 0.3) is 10.9 Å². The highest BCUT2D eigenvalue weighted by atomic mass is 19.1. The number of pyridine rings is 1. The van der Waals surface area contributed by atoms with Gasteiger partial charge in [0, 0.05) is 24.5 Å². The van der Waals surface area contributed by atoms with Crippen molar-refractivity contribution in [3.63, 3.8) is 0 Å². The van der Waals surface area contributed by atoms with Crippen LogP contribution in [0.5, 0.6) is 11.5 Å². The zero-order valence-electron chi connectivity index (χ0n) is 23.2. The number of aromatic nitrogens is 1. The first-order valence-corrected chi connectivity index (χ1v) is 14.1. The van der Waals surface area contributed by atoms with Crippen LogP contribution >= 0.6 is 0 Å². The van der Waals surface area contributed by atoms with Gasteiger partial charge in [-0.3, -0.25) is 9.78 Å². The van der Waals surface area contributed by atoms with Gasteiger partial charge in [-0.2, -0.15) is 0 Å². The summed E-state index contributed by atoms with van der Waals surface area (Å²) in [7, 11) is 3.32. The van der Waals surface area contributed by atoms with E-state index < -0.39 is 12.1 Å². The van der Waals surface area contributed by atoms with Gasteiger partial charge in [0.2, 0.25) is 0 Å². The minimum absolute atomic E-state index is 0.163. The fourth-order valence-corrected chi connectivity index (χ4v) is 6.00. The Labute approximate surface area is 231 Å². The molecule has 2 aromatic carbocycles. The number of hydrogen-bond donors (Lipinski definition) is 1. The lowest BCUT2D eigenvalue weighted by Gasteiger charge is -2.39. The molecule has 1 aliphatic heterocycles. The van der Waals surface area contributed by atoms with E-state index in [1.807, 2.05) is 36.4 Å². The molecule has 7 heteroatoms. The molecule has 1 fully saturated rings. The number of methoxy groups -OCH3 is 2. The van der Waals surface area contributed by atoms with E-state index in [0.717, 1.165) is 68.4 Å². The molecular weight excluding hydrogens is 495 g/mol. The lowest BCUT2D eigenvalue weighted by molar-refractivity contribution is -0.137. The van der Waals surface area contributed by atoms with E-state index in [4.69, 9.17) is 9.47 Å². The van der Waals surface area contributed by atoms with Gasteiger partial charge in [0.05, 0.1) is 19.7 Å². The Morgan fingerprint density at radius 1 is 1.10 bits per heavy atom. The number of hydrogen-bond acceptors (Lipinski definition) is 5. The number of halogens is 1. The Morgan fingerprint density at radius 2 is 1.95 bits per heavy atom. The molecule has 0 unspecified atom stereocenters. The summed E-state index contributed by atoms with van der Waals surface area (Å²) in [5, 5.41) is 10.1. The highest BCUT2D eigenvalue weighted by Gasteiger charge is 2.30. The van der Waals surface area contributed by atoms with Crippen molar-refractivity contribution in [2.45, 2.75) is 57.5 Å². The molecule has 0 saturated carbocycles. The lowest BCUT2D eigenvalue weighted by atomic mass is 9.79. The van der Waals surface area contributed by atoms with Gasteiger partial charge in [0.25, 0.3) is 0 Å². The number of unbranched alkanes of at least 4 members (excludes halogenated alkanes) is 1. The van der Waals surface area contributed by atoms with E-state index in [0.29, 0.717) is 30.1 Å². The summed E-state index contributed by atoms with van der Waals surface area (Å²) in [5.74, 6) is 1.47. The Bertz CT molecular complexity index is 1220. The van der Waals surface area contributed by atoms with Gasteiger partial charge in [-0.1, -0.05) is 18.2 Å². The largest absolute Gasteiger partial charge is 0.497 e. The standard InChI is InChI=1S/C32H41FN2O4/c1-38-26-12-14-30-28(21-26)27(16-18-34-30)29(33)13-10-23-17-20-35(22-25(23)11-15-32(36)37)19-6-5-8-24-7-3-4-9-31(24)39-2/h3-4,7,9,12,14,16,18,21,23,25,29H,5-6,8,10-11,13,15,17,19-20,22H2,1-2H3,(H,36,37)/t23-,25-,29-/m1/s1. The average molecular weight is 537 g/mol. The van der Waals surface area contributed by atoms with Crippen LogP contribution in [0.15, 0.2) is 54.7 Å². The number of ether oxygens (including phenoxy) is 2. The molecule has 0 amide bonds. The predicted octanol–water partition coefficient (Wildman–Crippen LogP) is 6.87. The molecule has 3 atom stereocenters. The zero-order chi connectivity index (χ0) is 27.6. The molecule has 6 nitrogen and oxygen atoms in total. The average Bonchev–Trinajstić information content (AvgIpc) is 2.97. The second kappa shape index (κ2) is 14.3. The third kappa shape index (κ3) is 7.91. The molecule has 0 radical (unpaired) electrons. The number of aliphatic carboxylic acids is 1. The molecule has 210 valence electrons. The molecule has 0 spiro atoms. The third-order valence-corrected chi connectivity index (χ3v) is 8.18. The van der Waals surface area contributed by atoms with Crippen LogP contribution in [0.4, 0.5) is 4.39 Å². The van der Waals surface area contributed by atoms with Crippen molar-refractivity contribution >= 4 is 16.9 Å². The minimum atomic E-state index is -1.10. The second-order valence-electron chi connectivity index (χ2n) is 10.6. The first-order chi connectivity index (χ1) is 19.0. The number of fused-ring (bicyclic) bond motifs is 1. The zero-order valence-corrected chi connectivity index (χ0v) is 23.2. The van der Waals surface area contributed by atoms with Crippen LogP contribution in [0, 0.1) is 11.8 Å². The van der Waals surface area contributed by atoms with Crippen LogP contribution in [-0.2, 0) is 11.2 Å². The van der Waals surface area contributed by atoms with Crippen molar-refractivity contribution in [3.05, 3.63) is 65.9 Å². The van der Waals surface area contributed by atoms with Gasteiger partial charge < -0.3 is 19.5 Å². The molecule has 3 aromatic rings. The van der Waals surface area contributed by atoms with Crippen LogP contribution in [0.1, 0.15) is 62.2 Å². The SMILES string of the molecule is COc1ccc2nccc([C@H](F)CC[C@@H]3CCN(CCCCc4ccccc4OC)C[C@H]3CCC(=O)O)c2c1. The molecule has 39 heavy (non-hydrogen) atoms. The molecule has 1 saturated heterocycles. The molecule has 2 heterocycles. The van der Waals surface area contributed by atoms with Crippen molar-refractivity contribution in [2.24, 2.45) is 11.8 Å². The number of piperidine rings is 1. The molecular formula is C32H41FN2O4. The van der Waals surface area contributed by atoms with E-state index in [2.05, 4.69) is 16.0 Å². The molecule has 0 aliphatic carbocycles. The number of alkyl halides is 1. The number of carboxylic acid groups (broad SMARTS) is 1. The minimum Gasteiger partial charge on any atom is -0.497 e. The number of aryl methyl sites for hydroxylation is 1. The van der Waals surface area contributed by atoms with Crippen LogP contribution < -0.4 is 9.47 Å². The van der Waals surface area contributed by atoms with E-state index in [-0.39, 0.29) is 12.3 Å². The monoisotopic (exact) mass is 536 g/mol. The summed E-state index contributed by atoms with van der Waals surface area (Å²) >= 11 is 0. The second-order valence-corrected chi connectivity index (χ2v) is 10.6. The molecule has 4 rings (SSSR count). The maximum atomic E-state index is 15.6. The Morgan fingerprint density at radius 3 is 2.74 bits per heavy atom. The number of para-hydroxylation sites is 1. The van der Waals surface area contributed by atoms with Crippen LogP contribution in [-0.4, -0.2) is 54.8 Å². The predicted molar refractivity (Wildman–Crippen MR) is 152 cm³/mol. The number of nitrogens with zero attached hydrogens (tertiary/aromatic N) is 2. The number of carboxylic acids is 1. The summed E-state index contributed by atoms with van der Waals surface area (Å²) < 4.78 is 26.4. The smallest absolute Gasteiger partial charge is 0.303 e. The van der Waals surface area contributed by atoms with Gasteiger partial charge in [0.1, 0.15) is 17.7 Å². The highest BCUT2D eigenvalue weighted by Crippen LogP contribution is 2.36. The summed E-state index contributed by atoms with van der Waals surface area (Å²) in [6.45, 7) is 2.87. The van der Waals surface area contributed by atoms with Crippen molar-refractivity contribution in [2.75, 3.05) is 33.9 Å². The maximum Gasteiger partial charge on any atom is 0.303 e. The summed E-state index contributed by atoms with van der Waals surface area (Å²) in [4.78, 5) is 18.2. The van der Waals surface area contributed by atoms with Crippen molar-refractivity contribution < 1.29 is 23.8 Å². The first-order valence-electron chi connectivity index (χ1n) is 14.1. The van der Waals surface area contributed by atoms with Gasteiger partial charge in [0.15, 0.2) is 0 Å². The fourth-order valence-electron chi connectivity index (χ4n) is 6.00.